The molecule has 2 aliphatic rings. The number of carbonyl (C=O) groups is 1. The molecular weight excluding hydrogens is 594 g/mol. The van der Waals surface area contributed by atoms with Crippen molar-refractivity contribution in [2.45, 2.75) is 57.8 Å². The van der Waals surface area contributed by atoms with E-state index in [4.69, 9.17) is 40.6 Å². The highest BCUT2D eigenvalue weighted by molar-refractivity contribution is 7.52. The van der Waals surface area contributed by atoms with Crippen LogP contribution in [0.5, 0.6) is 5.75 Å². The van der Waals surface area contributed by atoms with Gasteiger partial charge < -0.3 is 24.5 Å². The van der Waals surface area contributed by atoms with Crippen LogP contribution in [0.3, 0.4) is 0 Å². The minimum Gasteiger partial charge on any atom is -0.462 e. The minimum atomic E-state index is -4.18. The molecular formula is C26H33ClFN6O7P. The molecule has 1 saturated carbocycles. The number of methoxy groups -OCH3 is 1. The predicted molar refractivity (Wildman–Crippen MR) is 150 cm³/mol. The molecule has 3 heterocycles. The molecule has 2 fully saturated rings. The second-order valence-electron chi connectivity index (χ2n) is 10.8. The maximum absolute atomic E-state index is 16.5. The Balaban J connectivity index is 1.38. The zero-order valence-electron chi connectivity index (χ0n) is 23.7. The maximum Gasteiger partial charge on any atom is 0.459 e. The standard InChI is InChI=1S/C26H33ClFN6O7P/c1-14(2)39-23(35)15(3)33-42(36,41-16-9-7-6-8-10-16)38-11-17-25(4)26(17,12-37-5)19(28)22(40-25)34-13-30-18-20(29)31-24(27)32-21(18)34/h6-10,13-15,17,19,22H,11-12H2,1-5H3,(H,33,36)(H2,29,31,32)/t15-,17-,19?,22+,25?,26?,42?/m0/s1. The number of esters is 1. The number of para-hydroxylation sites is 1. The summed E-state index contributed by atoms with van der Waals surface area (Å²) in [6.07, 6.45) is -1.76. The van der Waals surface area contributed by atoms with Gasteiger partial charge in [0.15, 0.2) is 23.9 Å². The van der Waals surface area contributed by atoms with Gasteiger partial charge >= 0.3 is 13.7 Å². The van der Waals surface area contributed by atoms with Crippen molar-refractivity contribution in [1.29, 1.82) is 0 Å². The summed E-state index contributed by atoms with van der Waals surface area (Å²) in [7, 11) is -2.73. The van der Waals surface area contributed by atoms with Gasteiger partial charge in [0.2, 0.25) is 5.28 Å². The number of benzene rings is 1. The molecule has 0 radical (unpaired) electrons. The molecule has 228 valence electrons. The predicted octanol–water partition coefficient (Wildman–Crippen LogP) is 4.08. The fourth-order valence-corrected chi connectivity index (χ4v) is 7.36. The van der Waals surface area contributed by atoms with Crippen LogP contribution in [-0.4, -0.2) is 69.7 Å². The Labute approximate surface area is 246 Å². The van der Waals surface area contributed by atoms with E-state index in [2.05, 4.69) is 20.0 Å². The quantitative estimate of drug-likeness (QED) is 0.168. The number of fused-ring (bicyclic) bond motifs is 2. The van der Waals surface area contributed by atoms with Crippen LogP contribution >= 0.6 is 19.3 Å². The molecule has 5 rings (SSSR count). The number of halogens is 2. The van der Waals surface area contributed by atoms with Crippen LogP contribution in [0.25, 0.3) is 11.2 Å². The van der Waals surface area contributed by atoms with Crippen molar-refractivity contribution in [3.05, 3.63) is 41.9 Å². The summed E-state index contributed by atoms with van der Waals surface area (Å²) in [5.41, 5.74) is 4.13. The van der Waals surface area contributed by atoms with Gasteiger partial charge in [-0.05, 0) is 51.4 Å². The van der Waals surface area contributed by atoms with E-state index < -0.39 is 49.1 Å². The van der Waals surface area contributed by atoms with E-state index in [9.17, 15) is 9.36 Å². The second kappa shape index (κ2) is 11.3. The highest BCUT2D eigenvalue weighted by atomic mass is 35.5. The van der Waals surface area contributed by atoms with E-state index in [0.717, 1.165) is 0 Å². The first-order chi connectivity index (χ1) is 19.8. The molecule has 0 spiro atoms. The number of rotatable bonds is 12. The number of anilines is 1. The van der Waals surface area contributed by atoms with Crippen LogP contribution in [0.2, 0.25) is 5.28 Å². The van der Waals surface area contributed by atoms with Gasteiger partial charge in [0.25, 0.3) is 0 Å². The third-order valence-corrected chi connectivity index (χ3v) is 9.56. The summed E-state index contributed by atoms with van der Waals surface area (Å²) in [6.45, 7) is 6.37. The molecule has 0 amide bonds. The van der Waals surface area contributed by atoms with Crippen molar-refractivity contribution >= 4 is 42.3 Å². The van der Waals surface area contributed by atoms with Gasteiger partial charge in [0.1, 0.15) is 17.3 Å². The van der Waals surface area contributed by atoms with Gasteiger partial charge in [-0.2, -0.15) is 15.1 Å². The summed E-state index contributed by atoms with van der Waals surface area (Å²) in [5.74, 6) is -0.928. The first-order valence-corrected chi connectivity index (χ1v) is 15.2. The zero-order valence-corrected chi connectivity index (χ0v) is 25.3. The number of hydrogen-bond acceptors (Lipinski definition) is 11. The van der Waals surface area contributed by atoms with Crippen molar-refractivity contribution in [1.82, 2.24) is 24.6 Å². The number of nitrogens with two attached hydrogens (primary N) is 1. The Morgan fingerprint density at radius 3 is 2.67 bits per heavy atom. The summed E-state index contributed by atoms with van der Waals surface area (Å²) < 4.78 is 60.4. The maximum atomic E-state index is 16.5. The smallest absolute Gasteiger partial charge is 0.459 e. The number of nitrogen functional groups attached to an aromatic ring is 1. The average molecular weight is 627 g/mol. The monoisotopic (exact) mass is 626 g/mol. The van der Waals surface area contributed by atoms with E-state index in [-0.39, 0.29) is 47.3 Å². The number of alkyl halides is 1. The van der Waals surface area contributed by atoms with Gasteiger partial charge in [-0.1, -0.05) is 18.2 Å². The first-order valence-electron chi connectivity index (χ1n) is 13.3. The highest BCUT2D eigenvalue weighted by Crippen LogP contribution is 2.74. The first kappa shape index (κ1) is 30.6. The lowest BCUT2D eigenvalue weighted by Crippen LogP contribution is -2.36. The third kappa shape index (κ3) is 5.24. The van der Waals surface area contributed by atoms with Gasteiger partial charge in [-0.25, -0.2) is 13.9 Å². The van der Waals surface area contributed by atoms with Gasteiger partial charge in [0, 0.05) is 13.0 Å². The SMILES string of the molecule is COCC12C(F)[C@H](n3cnc4c(N)nc(Cl)nc43)OC1(C)[C@@H]2COP(=O)(N[C@@H](C)C(=O)OC(C)C)Oc1ccccc1. The van der Waals surface area contributed by atoms with Gasteiger partial charge in [0.05, 0.1) is 36.7 Å². The Kier molecular flexibility index (Phi) is 8.25. The molecule has 13 nitrogen and oxygen atoms in total. The molecule has 1 saturated heterocycles. The Bertz CT molecular complexity index is 1520. The number of hydrogen-bond donors (Lipinski definition) is 2. The van der Waals surface area contributed by atoms with E-state index in [1.54, 1.807) is 51.1 Å². The zero-order chi connectivity index (χ0) is 30.4. The molecule has 2 aromatic heterocycles. The van der Waals surface area contributed by atoms with Crippen molar-refractivity contribution in [2.24, 2.45) is 11.3 Å². The largest absolute Gasteiger partial charge is 0.462 e. The number of carbonyl (C=O) groups excluding carboxylic acids is 1. The molecule has 3 aromatic rings. The molecule has 42 heavy (non-hydrogen) atoms. The summed E-state index contributed by atoms with van der Waals surface area (Å²) >= 11 is 6.00. The molecule has 1 aliphatic heterocycles. The molecule has 7 atom stereocenters. The summed E-state index contributed by atoms with van der Waals surface area (Å²) in [4.78, 5) is 24.7. The fraction of sp³-hybridized carbons (Fsp3) is 0.538. The van der Waals surface area contributed by atoms with Crippen molar-refractivity contribution in [2.75, 3.05) is 26.1 Å². The van der Waals surface area contributed by atoms with Crippen LogP contribution in [0.4, 0.5) is 10.2 Å². The van der Waals surface area contributed by atoms with Gasteiger partial charge in [-0.15, -0.1) is 0 Å². The normalized spacial score (nSPS) is 28.8. The Morgan fingerprint density at radius 2 is 2.00 bits per heavy atom. The molecule has 16 heteroatoms. The average Bonchev–Trinajstić information content (AvgIpc) is 3.13. The van der Waals surface area contributed by atoms with E-state index >= 15 is 4.39 Å². The van der Waals surface area contributed by atoms with E-state index in [1.165, 1.54) is 24.9 Å². The van der Waals surface area contributed by atoms with Crippen LogP contribution in [-0.2, 0) is 28.1 Å². The molecule has 1 aromatic carbocycles. The van der Waals surface area contributed by atoms with Crippen molar-refractivity contribution in [3.8, 4) is 5.75 Å². The lowest BCUT2D eigenvalue weighted by atomic mass is 9.96. The van der Waals surface area contributed by atoms with Gasteiger partial charge in [-0.3, -0.25) is 13.9 Å². The van der Waals surface area contributed by atoms with E-state index in [1.807, 2.05) is 0 Å². The topological polar surface area (TPSA) is 162 Å². The van der Waals surface area contributed by atoms with Crippen LogP contribution < -0.4 is 15.3 Å². The fourth-order valence-electron chi connectivity index (χ4n) is 5.68. The summed E-state index contributed by atoms with van der Waals surface area (Å²) in [5, 5.41) is 2.53. The second-order valence-corrected chi connectivity index (χ2v) is 12.8. The molecule has 3 N–H and O–H groups in total. The highest BCUT2D eigenvalue weighted by Gasteiger charge is 2.85. The summed E-state index contributed by atoms with van der Waals surface area (Å²) in [6, 6.07) is 7.32. The molecule has 1 aliphatic carbocycles. The number of imidazole rings is 1. The third-order valence-electron chi connectivity index (χ3n) is 7.75. The number of ether oxygens (including phenoxy) is 3. The number of aromatic nitrogens is 4. The number of nitrogens with zero attached hydrogens (tertiary/aromatic N) is 4. The lowest BCUT2D eigenvalue weighted by molar-refractivity contribution is -0.149. The van der Waals surface area contributed by atoms with E-state index in [0.29, 0.717) is 0 Å². The molecule has 0 bridgehead atoms. The lowest BCUT2D eigenvalue weighted by Gasteiger charge is -2.26. The number of nitrogens with one attached hydrogen (secondary N) is 1. The van der Waals surface area contributed by atoms with Crippen molar-refractivity contribution in [3.63, 3.8) is 0 Å². The van der Waals surface area contributed by atoms with Crippen LogP contribution in [0, 0.1) is 11.3 Å². The Hall–Kier alpha value is -2.87. The van der Waals surface area contributed by atoms with Crippen LogP contribution in [0.15, 0.2) is 36.7 Å². The van der Waals surface area contributed by atoms with Crippen molar-refractivity contribution < 1.29 is 37.0 Å². The Morgan fingerprint density at radius 1 is 1.29 bits per heavy atom. The minimum absolute atomic E-state index is 0.0198. The molecule has 4 unspecified atom stereocenters. The van der Waals surface area contributed by atoms with Crippen LogP contribution in [0.1, 0.15) is 33.9 Å².